The molecule has 0 aromatic heterocycles. The van der Waals surface area contributed by atoms with Gasteiger partial charge in [-0.05, 0) is 6.42 Å². The lowest BCUT2D eigenvalue weighted by molar-refractivity contribution is -0.00422. The van der Waals surface area contributed by atoms with Gasteiger partial charge in [-0.2, -0.15) is 0 Å². The minimum atomic E-state index is -4.50. The second kappa shape index (κ2) is 4.08. The minimum absolute atomic E-state index is 0.245. The van der Waals surface area contributed by atoms with Crippen molar-refractivity contribution in [3.05, 3.63) is 0 Å². The Labute approximate surface area is 76.5 Å². The van der Waals surface area contributed by atoms with Gasteiger partial charge in [0.25, 0.3) is 0 Å². The summed E-state index contributed by atoms with van der Waals surface area (Å²) in [4.78, 5) is 16.7. The summed E-state index contributed by atoms with van der Waals surface area (Å²) < 4.78 is 19.4. The first-order chi connectivity index (χ1) is 5.88. The highest BCUT2D eigenvalue weighted by atomic mass is 31.2. The molecule has 1 unspecified atom stereocenters. The molecule has 0 aromatic carbocycles. The van der Waals surface area contributed by atoms with Gasteiger partial charge in [0.1, 0.15) is 14.0 Å². The average Bonchev–Trinajstić information content (AvgIpc) is 2.24. The largest absolute Gasteiger partial charge is 0.469 e. The number of rotatable bonds is 3. The van der Waals surface area contributed by atoms with Crippen molar-refractivity contribution in [2.24, 2.45) is 0 Å². The molecule has 0 saturated carbocycles. The molecule has 8 heteroatoms. The van der Waals surface area contributed by atoms with E-state index in [1.807, 2.05) is 0 Å². The molecule has 1 aliphatic rings. The van der Waals surface area contributed by atoms with Crippen molar-refractivity contribution in [1.29, 1.82) is 0 Å². The molecular formula is C5H10BO6P. The predicted octanol–water partition coefficient (Wildman–Crippen LogP) is -1.26. The molecule has 1 heterocycles. The Kier molecular flexibility index (Phi) is 3.51. The Balaban J connectivity index is 2.34. The number of hydrogen-bond donors (Lipinski definition) is 3. The molecule has 13 heavy (non-hydrogen) atoms. The van der Waals surface area contributed by atoms with E-state index in [1.54, 1.807) is 0 Å². The Bertz CT molecular complexity index is 217. The number of aliphatic hydroxyl groups is 1. The fraction of sp³-hybridized carbons (Fsp3) is 1.00. The van der Waals surface area contributed by atoms with Crippen LogP contribution in [0.3, 0.4) is 0 Å². The molecule has 3 N–H and O–H groups in total. The van der Waals surface area contributed by atoms with Gasteiger partial charge < -0.3 is 19.6 Å². The Morgan fingerprint density at radius 1 is 1.62 bits per heavy atom. The molecule has 1 saturated heterocycles. The highest BCUT2D eigenvalue weighted by Gasteiger charge is 2.32. The van der Waals surface area contributed by atoms with E-state index in [0.29, 0.717) is 0 Å². The maximum absolute atomic E-state index is 10.3. The third kappa shape index (κ3) is 3.76. The lowest BCUT2D eigenvalue weighted by atomic mass is 9.96. The van der Waals surface area contributed by atoms with E-state index in [-0.39, 0.29) is 13.0 Å². The van der Waals surface area contributed by atoms with Crippen LogP contribution in [0.1, 0.15) is 6.42 Å². The van der Waals surface area contributed by atoms with E-state index in [4.69, 9.17) is 22.4 Å². The zero-order valence-corrected chi connectivity index (χ0v) is 7.63. The van der Waals surface area contributed by atoms with Crippen LogP contribution in [0.25, 0.3) is 0 Å². The van der Waals surface area contributed by atoms with Crippen LogP contribution < -0.4 is 0 Å². The van der Waals surface area contributed by atoms with Crippen LogP contribution in [0.5, 0.6) is 0 Å². The smallest absolute Gasteiger partial charge is 0.390 e. The number of ether oxygens (including phenoxy) is 1. The van der Waals surface area contributed by atoms with Crippen molar-refractivity contribution in [2.75, 3.05) is 6.61 Å². The molecule has 0 spiro atoms. The third-order valence-electron chi connectivity index (χ3n) is 1.66. The summed E-state index contributed by atoms with van der Waals surface area (Å²) in [5, 5.41) is 9.22. The van der Waals surface area contributed by atoms with Crippen molar-refractivity contribution in [3.63, 3.8) is 0 Å². The fourth-order valence-electron chi connectivity index (χ4n) is 1.08. The van der Waals surface area contributed by atoms with Gasteiger partial charge in [-0.1, -0.05) is 0 Å². The topological polar surface area (TPSA) is 96.2 Å². The minimum Gasteiger partial charge on any atom is -0.390 e. The number of phosphoric acid groups is 1. The van der Waals surface area contributed by atoms with Crippen LogP contribution in [-0.2, 0) is 13.8 Å². The van der Waals surface area contributed by atoms with Gasteiger partial charge in [-0.3, -0.25) is 4.52 Å². The van der Waals surface area contributed by atoms with Crippen LogP contribution in [0, 0.1) is 0 Å². The van der Waals surface area contributed by atoms with Crippen molar-refractivity contribution in [1.82, 2.24) is 0 Å². The highest BCUT2D eigenvalue weighted by Crippen LogP contribution is 2.36. The Morgan fingerprint density at radius 3 is 2.62 bits per heavy atom. The molecule has 0 aliphatic carbocycles. The van der Waals surface area contributed by atoms with Gasteiger partial charge in [-0.25, -0.2) is 4.57 Å². The number of hydrogen-bond acceptors (Lipinski definition) is 4. The molecular weight excluding hydrogens is 198 g/mol. The monoisotopic (exact) mass is 208 g/mol. The maximum Gasteiger partial charge on any atom is 0.469 e. The van der Waals surface area contributed by atoms with E-state index in [9.17, 15) is 9.67 Å². The first-order valence-electron chi connectivity index (χ1n) is 3.67. The number of phosphoric ester groups is 1. The van der Waals surface area contributed by atoms with Gasteiger partial charge in [0, 0.05) is 6.00 Å². The van der Waals surface area contributed by atoms with E-state index in [0.717, 1.165) is 0 Å². The van der Waals surface area contributed by atoms with E-state index < -0.39 is 26.0 Å². The fourth-order valence-corrected chi connectivity index (χ4v) is 1.42. The average molecular weight is 208 g/mol. The van der Waals surface area contributed by atoms with Crippen molar-refractivity contribution >= 4 is 15.7 Å². The molecule has 74 valence electrons. The molecule has 1 rings (SSSR count). The zero-order chi connectivity index (χ0) is 10.1. The standard InChI is InChI=1S/C5H10BO6P/c6-5-1-3(7)4(12-5)2-11-13(8,9)10/h3-5,7H,1-2H2,(H2,8,9,10)/t3?,4-,5-/m1/s1. The summed E-state index contributed by atoms with van der Waals surface area (Å²) in [6.45, 7) is -0.362. The second-order valence-electron chi connectivity index (χ2n) is 2.80. The third-order valence-corrected chi connectivity index (χ3v) is 2.14. The summed E-state index contributed by atoms with van der Waals surface area (Å²) >= 11 is 0. The number of aliphatic hydroxyl groups excluding tert-OH is 1. The lowest BCUT2D eigenvalue weighted by Crippen LogP contribution is -2.26. The molecule has 1 aliphatic heterocycles. The normalized spacial score (nSPS) is 35.2. The van der Waals surface area contributed by atoms with Gasteiger partial charge in [-0.15, -0.1) is 0 Å². The van der Waals surface area contributed by atoms with Crippen molar-refractivity contribution in [2.45, 2.75) is 24.6 Å². The molecule has 1 fully saturated rings. The van der Waals surface area contributed by atoms with Crippen LogP contribution in [0.15, 0.2) is 0 Å². The molecule has 0 amide bonds. The SMILES string of the molecule is [B][C@H]1CC(O)[C@@H](COP(=O)(O)O)O1. The molecule has 3 atom stereocenters. The first kappa shape index (κ1) is 11.2. The summed E-state index contributed by atoms with van der Waals surface area (Å²) in [7, 11) is 0.827. The van der Waals surface area contributed by atoms with Crippen LogP contribution in [-0.4, -0.2) is 47.6 Å². The van der Waals surface area contributed by atoms with E-state index >= 15 is 0 Å². The van der Waals surface area contributed by atoms with Gasteiger partial charge in [0.15, 0.2) is 0 Å². The summed E-state index contributed by atoms with van der Waals surface area (Å²) in [5.41, 5.74) is 0. The van der Waals surface area contributed by atoms with Crippen molar-refractivity contribution in [3.8, 4) is 0 Å². The molecule has 6 nitrogen and oxygen atoms in total. The molecule has 0 aromatic rings. The first-order valence-corrected chi connectivity index (χ1v) is 5.21. The van der Waals surface area contributed by atoms with Gasteiger partial charge in [0.2, 0.25) is 0 Å². The predicted molar refractivity (Wildman–Crippen MR) is 43.0 cm³/mol. The van der Waals surface area contributed by atoms with Gasteiger partial charge >= 0.3 is 7.82 Å². The van der Waals surface area contributed by atoms with E-state index in [1.165, 1.54) is 0 Å². The maximum atomic E-state index is 10.3. The van der Waals surface area contributed by atoms with Crippen molar-refractivity contribution < 1.29 is 28.7 Å². The quantitative estimate of drug-likeness (QED) is 0.395. The molecule has 0 bridgehead atoms. The van der Waals surface area contributed by atoms with Gasteiger partial charge in [0.05, 0.1) is 12.7 Å². The summed E-state index contributed by atoms with van der Waals surface area (Å²) in [6, 6.07) is -0.597. The summed E-state index contributed by atoms with van der Waals surface area (Å²) in [6.07, 6.45) is -1.35. The highest BCUT2D eigenvalue weighted by molar-refractivity contribution is 7.46. The zero-order valence-electron chi connectivity index (χ0n) is 6.74. The van der Waals surface area contributed by atoms with Crippen LogP contribution >= 0.6 is 7.82 Å². The Hall–Kier alpha value is 0.0949. The Morgan fingerprint density at radius 2 is 2.23 bits per heavy atom. The second-order valence-corrected chi connectivity index (χ2v) is 4.04. The van der Waals surface area contributed by atoms with E-state index in [2.05, 4.69) is 4.52 Å². The van der Waals surface area contributed by atoms with Crippen LogP contribution in [0.4, 0.5) is 0 Å². The lowest BCUT2D eigenvalue weighted by Gasteiger charge is -2.14. The van der Waals surface area contributed by atoms with Crippen LogP contribution in [0.2, 0.25) is 0 Å². The summed E-state index contributed by atoms with van der Waals surface area (Å²) in [5.74, 6) is 0. The molecule has 2 radical (unpaired) electrons.